The second kappa shape index (κ2) is 8.78. The van der Waals surface area contributed by atoms with E-state index in [0.717, 1.165) is 30.7 Å². The van der Waals surface area contributed by atoms with E-state index in [1.807, 2.05) is 0 Å². The second-order valence-electron chi connectivity index (χ2n) is 4.88. The van der Waals surface area contributed by atoms with Crippen LogP contribution in [-0.4, -0.2) is 35.3 Å². The zero-order valence-corrected chi connectivity index (χ0v) is 12.7. The molecule has 1 saturated heterocycles. The lowest BCUT2D eigenvalue weighted by Crippen LogP contribution is -2.21. The van der Waals surface area contributed by atoms with E-state index in [1.165, 1.54) is 17.8 Å². The summed E-state index contributed by atoms with van der Waals surface area (Å²) in [6, 6.07) is 0. The highest BCUT2D eigenvalue weighted by Crippen LogP contribution is 2.19. The Kier molecular flexibility index (Phi) is 6.67. The monoisotopic (exact) mass is 308 g/mol. The highest BCUT2D eigenvalue weighted by molar-refractivity contribution is 7.16. The number of nitrogens with zero attached hydrogens (tertiary/aromatic N) is 1. The van der Waals surface area contributed by atoms with Gasteiger partial charge < -0.3 is 15.2 Å². The molecule has 0 saturated carbocycles. The Morgan fingerprint density at radius 1 is 1.57 bits per heavy atom. The van der Waals surface area contributed by atoms with Crippen molar-refractivity contribution in [3.05, 3.63) is 11.1 Å². The van der Waals surface area contributed by atoms with Crippen molar-refractivity contribution in [1.82, 2.24) is 4.98 Å². The topological polar surface area (TPSA) is 71.5 Å². The predicted octanol–water partition coefficient (Wildman–Crippen LogP) is 2.16. The fraction of sp³-hybridized carbons (Fsp3) is 0.600. The van der Waals surface area contributed by atoms with E-state index < -0.39 is 0 Å². The van der Waals surface area contributed by atoms with Gasteiger partial charge in [0.15, 0.2) is 5.13 Å². The fourth-order valence-electron chi connectivity index (χ4n) is 2.10. The van der Waals surface area contributed by atoms with E-state index in [1.54, 1.807) is 6.20 Å². The maximum absolute atomic E-state index is 11.9. The maximum atomic E-state index is 11.9. The molecular weight excluding hydrogens is 288 g/mol. The lowest BCUT2D eigenvalue weighted by molar-refractivity contribution is -0.117. The first kappa shape index (κ1) is 16.0. The molecule has 1 aliphatic rings. The number of nitrogens with one attached hydrogen (secondary N) is 1. The molecule has 1 amide bonds. The summed E-state index contributed by atoms with van der Waals surface area (Å²) in [6.07, 6.45) is 6.89. The van der Waals surface area contributed by atoms with Crippen molar-refractivity contribution in [2.45, 2.75) is 44.6 Å². The van der Waals surface area contributed by atoms with Crippen LogP contribution in [0.2, 0.25) is 0 Å². The number of ether oxygens (including phenoxy) is 1. The van der Waals surface area contributed by atoms with Gasteiger partial charge in [-0.2, -0.15) is 0 Å². The number of aromatic nitrogens is 1. The molecule has 2 heterocycles. The quantitative estimate of drug-likeness (QED) is 0.818. The molecule has 2 rings (SSSR count). The normalized spacial score (nSPS) is 17.9. The zero-order chi connectivity index (χ0) is 14.9. The number of aliphatic hydroxyl groups excluding tert-OH is 1. The van der Waals surface area contributed by atoms with E-state index in [-0.39, 0.29) is 18.6 Å². The first-order valence-electron chi connectivity index (χ1n) is 7.25. The minimum absolute atomic E-state index is 0.0339. The molecule has 114 valence electrons. The Morgan fingerprint density at radius 2 is 2.48 bits per heavy atom. The molecule has 1 aliphatic heterocycles. The highest BCUT2D eigenvalue weighted by Gasteiger charge is 2.15. The highest BCUT2D eigenvalue weighted by atomic mass is 32.1. The number of anilines is 1. The Hall–Kier alpha value is -1.42. The van der Waals surface area contributed by atoms with Crippen molar-refractivity contribution >= 4 is 22.4 Å². The van der Waals surface area contributed by atoms with Gasteiger partial charge in [-0.25, -0.2) is 4.98 Å². The summed E-state index contributed by atoms with van der Waals surface area (Å²) in [7, 11) is 0. The average molecular weight is 308 g/mol. The van der Waals surface area contributed by atoms with Gasteiger partial charge >= 0.3 is 0 Å². The second-order valence-corrected chi connectivity index (χ2v) is 5.91. The molecular formula is C15H20N2O3S. The minimum atomic E-state index is -0.0339. The largest absolute Gasteiger partial charge is 0.395 e. The van der Waals surface area contributed by atoms with Gasteiger partial charge in [0.25, 0.3) is 0 Å². The fourth-order valence-corrected chi connectivity index (χ4v) is 2.81. The molecule has 0 bridgehead atoms. The third-order valence-electron chi connectivity index (χ3n) is 3.17. The Balaban J connectivity index is 1.73. The van der Waals surface area contributed by atoms with Gasteiger partial charge in [-0.15, -0.1) is 0 Å². The lowest BCUT2D eigenvalue weighted by atomic mass is 10.0. The Morgan fingerprint density at radius 3 is 3.24 bits per heavy atom. The van der Waals surface area contributed by atoms with Crippen molar-refractivity contribution in [2.24, 2.45) is 0 Å². The van der Waals surface area contributed by atoms with Crippen LogP contribution in [0, 0.1) is 11.8 Å². The van der Waals surface area contributed by atoms with Crippen molar-refractivity contribution in [3.8, 4) is 11.8 Å². The summed E-state index contributed by atoms with van der Waals surface area (Å²) in [4.78, 5) is 16.8. The van der Waals surface area contributed by atoms with Crippen LogP contribution in [0.4, 0.5) is 5.13 Å². The number of carbonyl (C=O) groups is 1. The van der Waals surface area contributed by atoms with Gasteiger partial charge in [0.2, 0.25) is 5.91 Å². The first-order chi connectivity index (χ1) is 10.3. The number of hydrogen-bond acceptors (Lipinski definition) is 5. The van der Waals surface area contributed by atoms with E-state index in [0.29, 0.717) is 18.0 Å². The molecule has 0 spiro atoms. The van der Waals surface area contributed by atoms with Crippen LogP contribution in [0.25, 0.3) is 0 Å². The number of hydrogen-bond donors (Lipinski definition) is 2. The Labute approximate surface area is 128 Å². The van der Waals surface area contributed by atoms with Crippen LogP contribution in [0.3, 0.4) is 0 Å². The third-order valence-corrected chi connectivity index (χ3v) is 4.00. The van der Waals surface area contributed by atoms with Crippen LogP contribution >= 0.6 is 11.3 Å². The summed E-state index contributed by atoms with van der Waals surface area (Å²) in [5.41, 5.74) is 0. The smallest absolute Gasteiger partial charge is 0.226 e. The van der Waals surface area contributed by atoms with Crippen LogP contribution in [0.15, 0.2) is 6.20 Å². The molecule has 2 N–H and O–H groups in total. The standard InChI is InChI=1S/C15H20N2O3S/c18-9-3-1-6-13-11-16-15(21-13)17-14(19)8-7-12-5-2-4-10-20-12/h11-12,18H,2-5,7-10H2,(H,16,17,19). The maximum Gasteiger partial charge on any atom is 0.226 e. The predicted molar refractivity (Wildman–Crippen MR) is 82.1 cm³/mol. The molecule has 0 radical (unpaired) electrons. The minimum Gasteiger partial charge on any atom is -0.395 e. The molecule has 0 aliphatic carbocycles. The van der Waals surface area contributed by atoms with Gasteiger partial charge in [-0.1, -0.05) is 23.2 Å². The number of rotatable bonds is 5. The number of aliphatic hydroxyl groups is 1. The van der Waals surface area contributed by atoms with Crippen molar-refractivity contribution in [1.29, 1.82) is 0 Å². The molecule has 5 nitrogen and oxygen atoms in total. The van der Waals surface area contributed by atoms with Gasteiger partial charge in [-0.05, 0) is 25.7 Å². The van der Waals surface area contributed by atoms with Crippen LogP contribution in [0.5, 0.6) is 0 Å². The lowest BCUT2D eigenvalue weighted by Gasteiger charge is -2.21. The van der Waals surface area contributed by atoms with Crippen LogP contribution < -0.4 is 5.32 Å². The van der Waals surface area contributed by atoms with E-state index >= 15 is 0 Å². The molecule has 21 heavy (non-hydrogen) atoms. The van der Waals surface area contributed by atoms with E-state index in [4.69, 9.17) is 9.84 Å². The van der Waals surface area contributed by atoms with Crippen LogP contribution in [-0.2, 0) is 9.53 Å². The van der Waals surface area contributed by atoms with Gasteiger partial charge in [0, 0.05) is 19.4 Å². The van der Waals surface area contributed by atoms with Crippen LogP contribution in [0.1, 0.15) is 43.4 Å². The Bertz CT molecular complexity index is 512. The van der Waals surface area contributed by atoms with Crippen molar-refractivity contribution in [3.63, 3.8) is 0 Å². The first-order valence-corrected chi connectivity index (χ1v) is 8.06. The summed E-state index contributed by atoms with van der Waals surface area (Å²) < 4.78 is 5.61. The molecule has 1 aromatic rings. The molecule has 1 fully saturated rings. The summed E-state index contributed by atoms with van der Waals surface area (Å²) in [5, 5.41) is 12.0. The molecule has 0 aromatic carbocycles. The average Bonchev–Trinajstić information content (AvgIpc) is 2.94. The summed E-state index contributed by atoms with van der Waals surface area (Å²) in [5.74, 6) is 5.69. The molecule has 1 unspecified atom stereocenters. The van der Waals surface area contributed by atoms with E-state index in [9.17, 15) is 4.79 Å². The number of thiazole rings is 1. The molecule has 6 heteroatoms. The van der Waals surface area contributed by atoms with Gasteiger partial charge in [0.1, 0.15) is 0 Å². The van der Waals surface area contributed by atoms with Gasteiger partial charge in [-0.3, -0.25) is 4.79 Å². The van der Waals surface area contributed by atoms with Crippen molar-refractivity contribution in [2.75, 3.05) is 18.5 Å². The van der Waals surface area contributed by atoms with E-state index in [2.05, 4.69) is 22.1 Å². The van der Waals surface area contributed by atoms with Gasteiger partial charge in [0.05, 0.1) is 23.8 Å². The number of carbonyl (C=O) groups excluding carboxylic acids is 1. The third kappa shape index (κ3) is 5.84. The summed E-state index contributed by atoms with van der Waals surface area (Å²) in [6.45, 7) is 0.868. The molecule has 1 atom stereocenters. The molecule has 1 aromatic heterocycles. The van der Waals surface area contributed by atoms with Crippen molar-refractivity contribution < 1.29 is 14.6 Å². The SMILES string of the molecule is O=C(CCC1CCCCO1)Nc1ncc(C#CCCO)s1. The zero-order valence-electron chi connectivity index (χ0n) is 11.9. The summed E-state index contributed by atoms with van der Waals surface area (Å²) >= 11 is 1.34. The number of amides is 1.